The summed E-state index contributed by atoms with van der Waals surface area (Å²) in [5.41, 5.74) is 0. The van der Waals surface area contributed by atoms with Crippen LogP contribution in [0.25, 0.3) is 0 Å². The minimum absolute atomic E-state index is 0.0619. The van der Waals surface area contributed by atoms with E-state index < -0.39 is 12.1 Å². The van der Waals surface area contributed by atoms with Gasteiger partial charge in [-0.1, -0.05) is 213 Å². The lowest BCUT2D eigenvalue weighted by Crippen LogP contribution is -2.45. The average Bonchev–Trinajstić information content (AvgIpc) is 3.05. The Balaban J connectivity index is 3.60. The van der Waals surface area contributed by atoms with Crippen molar-refractivity contribution in [3.8, 4) is 0 Å². The zero-order valence-electron chi connectivity index (χ0n) is 31.5. The van der Waals surface area contributed by atoms with Crippen molar-refractivity contribution in [1.29, 1.82) is 0 Å². The Hall–Kier alpha value is -0.870. The molecule has 0 saturated heterocycles. The summed E-state index contributed by atoms with van der Waals surface area (Å²) < 4.78 is 0. The SMILES string of the molecule is CCCCCCCCCCCCCCCCCCCCCCC(=O)NC(CO)C(O)/C=C/CCCC(C)CCCCCCCCC. The number of carbonyl (C=O) groups is 1. The Morgan fingerprint density at radius 3 is 1.35 bits per heavy atom. The van der Waals surface area contributed by atoms with Crippen LogP contribution in [0.3, 0.4) is 0 Å². The fraction of sp³-hybridized carbons (Fsp3) is 0.929. The molecule has 0 aromatic heterocycles. The number of amides is 1. The summed E-state index contributed by atoms with van der Waals surface area (Å²) in [7, 11) is 0. The van der Waals surface area contributed by atoms with Crippen LogP contribution in [0.15, 0.2) is 12.2 Å². The summed E-state index contributed by atoms with van der Waals surface area (Å²) in [5, 5.41) is 23.0. The lowest BCUT2D eigenvalue weighted by Gasteiger charge is -2.20. The van der Waals surface area contributed by atoms with Crippen LogP contribution in [0.4, 0.5) is 0 Å². The number of rotatable bonds is 37. The molecule has 0 spiro atoms. The molecule has 0 heterocycles. The highest BCUT2D eigenvalue weighted by Crippen LogP contribution is 2.18. The van der Waals surface area contributed by atoms with E-state index in [0.29, 0.717) is 6.42 Å². The van der Waals surface area contributed by atoms with E-state index in [1.165, 1.54) is 173 Å². The third-order valence-corrected chi connectivity index (χ3v) is 9.91. The van der Waals surface area contributed by atoms with Gasteiger partial charge in [0.15, 0.2) is 0 Å². The summed E-state index contributed by atoms with van der Waals surface area (Å²) in [4.78, 5) is 12.4. The summed E-state index contributed by atoms with van der Waals surface area (Å²) in [6, 6.07) is -0.620. The maximum atomic E-state index is 12.4. The number of nitrogens with one attached hydrogen (secondary N) is 1. The largest absolute Gasteiger partial charge is 0.394 e. The quantitative estimate of drug-likeness (QED) is 0.0463. The van der Waals surface area contributed by atoms with Gasteiger partial charge in [0.2, 0.25) is 5.91 Å². The van der Waals surface area contributed by atoms with Crippen LogP contribution in [-0.4, -0.2) is 34.9 Å². The summed E-state index contributed by atoms with van der Waals surface area (Å²) in [6.45, 7) is 6.67. The smallest absolute Gasteiger partial charge is 0.220 e. The van der Waals surface area contributed by atoms with Crippen molar-refractivity contribution in [2.24, 2.45) is 5.92 Å². The molecule has 3 atom stereocenters. The zero-order valence-corrected chi connectivity index (χ0v) is 31.5. The molecule has 0 aliphatic carbocycles. The number of aliphatic hydroxyl groups is 2. The highest BCUT2D eigenvalue weighted by molar-refractivity contribution is 5.76. The Morgan fingerprint density at radius 2 is 0.935 bits per heavy atom. The predicted molar refractivity (Wildman–Crippen MR) is 202 cm³/mol. The minimum Gasteiger partial charge on any atom is -0.394 e. The van der Waals surface area contributed by atoms with E-state index in [1.54, 1.807) is 6.08 Å². The Kier molecular flexibility index (Phi) is 36.3. The maximum Gasteiger partial charge on any atom is 0.220 e. The van der Waals surface area contributed by atoms with E-state index in [-0.39, 0.29) is 12.5 Å². The van der Waals surface area contributed by atoms with Gasteiger partial charge in [0.1, 0.15) is 0 Å². The third-order valence-electron chi connectivity index (χ3n) is 9.91. The summed E-state index contributed by atoms with van der Waals surface area (Å²) >= 11 is 0. The molecule has 0 aliphatic heterocycles. The molecular weight excluding hydrogens is 566 g/mol. The van der Waals surface area contributed by atoms with E-state index in [4.69, 9.17) is 0 Å². The second-order valence-electron chi connectivity index (χ2n) is 14.7. The lowest BCUT2D eigenvalue weighted by molar-refractivity contribution is -0.123. The molecule has 3 N–H and O–H groups in total. The Morgan fingerprint density at radius 1 is 0.565 bits per heavy atom. The van der Waals surface area contributed by atoms with Crippen molar-refractivity contribution in [1.82, 2.24) is 5.32 Å². The zero-order chi connectivity index (χ0) is 33.8. The summed E-state index contributed by atoms with van der Waals surface area (Å²) in [5.74, 6) is 0.695. The second-order valence-corrected chi connectivity index (χ2v) is 14.7. The second kappa shape index (κ2) is 37.0. The van der Waals surface area contributed by atoms with Gasteiger partial charge in [-0.25, -0.2) is 0 Å². The summed E-state index contributed by atoms with van der Waals surface area (Å²) in [6.07, 6.45) is 44.5. The van der Waals surface area contributed by atoms with Crippen molar-refractivity contribution in [3.63, 3.8) is 0 Å². The van der Waals surface area contributed by atoms with Crippen molar-refractivity contribution in [2.75, 3.05) is 6.61 Å². The number of hydrogen-bond acceptors (Lipinski definition) is 3. The fourth-order valence-corrected chi connectivity index (χ4v) is 6.61. The number of carbonyl (C=O) groups excluding carboxylic acids is 1. The van der Waals surface area contributed by atoms with Crippen LogP contribution in [0.1, 0.15) is 226 Å². The van der Waals surface area contributed by atoms with Gasteiger partial charge in [-0.3, -0.25) is 4.79 Å². The molecule has 1 amide bonds. The number of hydrogen-bond donors (Lipinski definition) is 3. The highest BCUT2D eigenvalue weighted by atomic mass is 16.3. The van der Waals surface area contributed by atoms with Crippen molar-refractivity contribution in [3.05, 3.63) is 12.2 Å². The van der Waals surface area contributed by atoms with Gasteiger partial charge in [0.25, 0.3) is 0 Å². The van der Waals surface area contributed by atoms with Gasteiger partial charge in [0.05, 0.1) is 18.8 Å². The molecule has 3 unspecified atom stereocenters. The van der Waals surface area contributed by atoms with Gasteiger partial charge in [-0.2, -0.15) is 0 Å². The Bertz CT molecular complexity index is 636. The van der Waals surface area contributed by atoms with E-state index >= 15 is 0 Å². The fourth-order valence-electron chi connectivity index (χ4n) is 6.61. The molecule has 46 heavy (non-hydrogen) atoms. The number of unbranched alkanes of at least 4 members (excludes halogenated alkanes) is 26. The van der Waals surface area contributed by atoms with Crippen LogP contribution >= 0.6 is 0 Å². The van der Waals surface area contributed by atoms with Crippen molar-refractivity contribution >= 4 is 5.91 Å². The molecule has 0 aliphatic rings. The van der Waals surface area contributed by atoms with Crippen LogP contribution < -0.4 is 5.32 Å². The van der Waals surface area contributed by atoms with Gasteiger partial charge >= 0.3 is 0 Å². The molecule has 4 nitrogen and oxygen atoms in total. The standard InChI is InChI=1S/C42H83NO3/c1-4-6-8-10-12-13-14-15-16-17-18-19-20-21-22-23-24-26-28-33-37-42(46)43-40(38-44)41(45)36-32-29-31-35-39(3)34-30-27-25-11-9-7-5-2/h32,36,39-41,44-45H,4-31,33-35,37-38H2,1-3H3,(H,43,46)/b36-32+. The first-order valence-corrected chi connectivity index (χ1v) is 20.8. The van der Waals surface area contributed by atoms with Gasteiger partial charge in [-0.15, -0.1) is 0 Å². The first-order valence-electron chi connectivity index (χ1n) is 20.8. The molecule has 0 radical (unpaired) electrons. The molecule has 0 bridgehead atoms. The maximum absolute atomic E-state index is 12.4. The van der Waals surface area contributed by atoms with E-state index in [0.717, 1.165) is 31.6 Å². The van der Waals surface area contributed by atoms with Crippen LogP contribution in [0.5, 0.6) is 0 Å². The van der Waals surface area contributed by atoms with Crippen LogP contribution in [0.2, 0.25) is 0 Å². The molecule has 0 fully saturated rings. The number of allylic oxidation sites excluding steroid dienone is 1. The average molecular weight is 650 g/mol. The van der Waals surface area contributed by atoms with Gasteiger partial charge in [0, 0.05) is 6.42 Å². The molecule has 0 aromatic rings. The topological polar surface area (TPSA) is 69.6 Å². The van der Waals surface area contributed by atoms with Gasteiger partial charge < -0.3 is 15.5 Å². The van der Waals surface area contributed by atoms with Crippen LogP contribution in [0, 0.1) is 5.92 Å². The van der Waals surface area contributed by atoms with Crippen molar-refractivity contribution < 1.29 is 15.0 Å². The predicted octanol–water partition coefficient (Wildman–Crippen LogP) is 12.5. The highest BCUT2D eigenvalue weighted by Gasteiger charge is 2.18. The molecular formula is C42H83NO3. The molecule has 0 rings (SSSR count). The van der Waals surface area contributed by atoms with Crippen molar-refractivity contribution in [2.45, 2.75) is 238 Å². The first-order chi connectivity index (χ1) is 22.5. The van der Waals surface area contributed by atoms with E-state index in [2.05, 4.69) is 26.1 Å². The molecule has 274 valence electrons. The molecule has 4 heteroatoms. The molecule has 0 saturated carbocycles. The monoisotopic (exact) mass is 650 g/mol. The third kappa shape index (κ3) is 33.0. The molecule has 0 aromatic carbocycles. The van der Waals surface area contributed by atoms with Gasteiger partial charge in [-0.05, 0) is 25.2 Å². The number of aliphatic hydroxyl groups excluding tert-OH is 2. The lowest BCUT2D eigenvalue weighted by atomic mass is 9.96. The Labute approximate surface area is 288 Å². The van der Waals surface area contributed by atoms with E-state index in [1.807, 2.05) is 6.08 Å². The van der Waals surface area contributed by atoms with E-state index in [9.17, 15) is 15.0 Å². The minimum atomic E-state index is -0.839. The van der Waals surface area contributed by atoms with Crippen LogP contribution in [-0.2, 0) is 4.79 Å². The first kappa shape index (κ1) is 45.1. The normalized spacial score (nSPS) is 13.8.